The van der Waals surface area contributed by atoms with E-state index in [0.717, 1.165) is 37.8 Å². The lowest BCUT2D eigenvalue weighted by Crippen LogP contribution is -2.44. The number of amides is 1. The van der Waals surface area contributed by atoms with Gasteiger partial charge in [0.25, 0.3) is 5.91 Å². The molecular formula is C17H24N4O2. The molecule has 124 valence electrons. The van der Waals surface area contributed by atoms with Crippen molar-refractivity contribution in [1.82, 2.24) is 19.9 Å². The van der Waals surface area contributed by atoms with Crippen LogP contribution in [0, 0.1) is 0 Å². The highest BCUT2D eigenvalue weighted by atomic mass is 16.3. The molecule has 0 aliphatic heterocycles. The maximum Gasteiger partial charge on any atom is 0.253 e. The fourth-order valence-electron chi connectivity index (χ4n) is 3.15. The summed E-state index contributed by atoms with van der Waals surface area (Å²) in [6.45, 7) is 4.42. The molecule has 0 radical (unpaired) electrons. The number of nitrogens with zero attached hydrogens (tertiary/aromatic N) is 3. The number of rotatable bonds is 4. The van der Waals surface area contributed by atoms with Gasteiger partial charge in [-0.15, -0.1) is 0 Å². The second kappa shape index (κ2) is 6.28. The summed E-state index contributed by atoms with van der Waals surface area (Å²) < 4.78 is 1.97. The summed E-state index contributed by atoms with van der Waals surface area (Å²) >= 11 is 0. The highest BCUT2D eigenvalue weighted by molar-refractivity contribution is 5.96. The van der Waals surface area contributed by atoms with E-state index in [2.05, 4.69) is 29.1 Å². The summed E-state index contributed by atoms with van der Waals surface area (Å²) in [4.78, 5) is 21.0. The van der Waals surface area contributed by atoms with E-state index in [1.165, 1.54) is 0 Å². The number of aliphatic hydroxyl groups is 1. The molecule has 0 aromatic carbocycles. The molecule has 0 unspecified atom stereocenters. The highest BCUT2D eigenvalue weighted by Crippen LogP contribution is 2.27. The van der Waals surface area contributed by atoms with Crippen LogP contribution in [0.4, 0.5) is 0 Å². The summed E-state index contributed by atoms with van der Waals surface area (Å²) in [5.74, 6) is -0.211. The molecule has 1 amide bonds. The number of carbonyl (C=O) groups excluding carboxylic acids is 1. The van der Waals surface area contributed by atoms with Crippen molar-refractivity contribution in [2.24, 2.45) is 0 Å². The first-order chi connectivity index (χ1) is 11.0. The minimum absolute atomic E-state index is 0.211. The fourth-order valence-corrected chi connectivity index (χ4v) is 3.15. The van der Waals surface area contributed by atoms with Crippen molar-refractivity contribution in [2.45, 2.75) is 57.6 Å². The standard InChI is InChI=1S/C17H24N4O2/c1-12(2)21-11-20-14-8-13(9-18-15(14)21)16(22)19-10-17(23)6-4-3-5-7-17/h8-9,11-12,23H,3-7,10H2,1-2H3,(H,19,22). The Morgan fingerprint density at radius 2 is 2.09 bits per heavy atom. The molecule has 1 fully saturated rings. The lowest BCUT2D eigenvalue weighted by molar-refractivity contribution is 0.00525. The van der Waals surface area contributed by atoms with Crippen LogP contribution in [0.5, 0.6) is 0 Å². The van der Waals surface area contributed by atoms with Crippen molar-refractivity contribution in [1.29, 1.82) is 0 Å². The first kappa shape index (κ1) is 15.9. The molecule has 3 rings (SSSR count). The summed E-state index contributed by atoms with van der Waals surface area (Å²) in [6, 6.07) is 2.02. The molecule has 6 nitrogen and oxygen atoms in total. The maximum atomic E-state index is 12.3. The molecule has 0 saturated heterocycles. The van der Waals surface area contributed by atoms with Gasteiger partial charge in [-0.05, 0) is 32.8 Å². The first-order valence-corrected chi connectivity index (χ1v) is 8.32. The van der Waals surface area contributed by atoms with E-state index in [1.807, 2.05) is 4.57 Å². The molecule has 6 heteroatoms. The van der Waals surface area contributed by atoms with Crippen molar-refractivity contribution >= 4 is 17.1 Å². The zero-order valence-electron chi connectivity index (χ0n) is 13.7. The summed E-state index contributed by atoms with van der Waals surface area (Å²) in [5.41, 5.74) is 1.21. The van der Waals surface area contributed by atoms with Crippen molar-refractivity contribution in [2.75, 3.05) is 6.54 Å². The van der Waals surface area contributed by atoms with E-state index < -0.39 is 5.60 Å². The van der Waals surface area contributed by atoms with Gasteiger partial charge in [0.1, 0.15) is 5.52 Å². The number of imidazole rings is 1. The normalized spacial score (nSPS) is 17.6. The van der Waals surface area contributed by atoms with E-state index in [1.54, 1.807) is 18.6 Å². The second-order valence-electron chi connectivity index (χ2n) is 6.78. The number of nitrogens with one attached hydrogen (secondary N) is 1. The third kappa shape index (κ3) is 3.37. The van der Waals surface area contributed by atoms with Crippen molar-refractivity contribution in [3.8, 4) is 0 Å². The lowest BCUT2D eigenvalue weighted by atomic mass is 9.85. The quantitative estimate of drug-likeness (QED) is 0.908. The molecule has 1 aliphatic rings. The third-order valence-electron chi connectivity index (χ3n) is 4.59. The Morgan fingerprint density at radius 1 is 1.35 bits per heavy atom. The average Bonchev–Trinajstić information content (AvgIpc) is 2.96. The molecular weight excluding hydrogens is 292 g/mol. The van der Waals surface area contributed by atoms with Crippen LogP contribution in [0.2, 0.25) is 0 Å². The Labute approximate surface area is 135 Å². The molecule has 1 aliphatic carbocycles. The van der Waals surface area contributed by atoms with Crippen LogP contribution in [-0.2, 0) is 0 Å². The SMILES string of the molecule is CC(C)n1cnc2cc(C(=O)NCC3(O)CCCCC3)cnc21. The van der Waals surface area contributed by atoms with Gasteiger partial charge in [-0.3, -0.25) is 4.79 Å². The molecule has 0 spiro atoms. The lowest BCUT2D eigenvalue weighted by Gasteiger charge is -2.32. The Kier molecular flexibility index (Phi) is 4.35. The van der Waals surface area contributed by atoms with Crippen molar-refractivity contribution in [3.63, 3.8) is 0 Å². The first-order valence-electron chi connectivity index (χ1n) is 8.32. The zero-order chi connectivity index (χ0) is 16.4. The molecule has 23 heavy (non-hydrogen) atoms. The fraction of sp³-hybridized carbons (Fsp3) is 0.588. The number of pyridine rings is 1. The largest absolute Gasteiger partial charge is 0.388 e. The van der Waals surface area contributed by atoms with Gasteiger partial charge in [-0.2, -0.15) is 0 Å². The molecule has 2 heterocycles. The third-order valence-corrected chi connectivity index (χ3v) is 4.59. The predicted molar refractivity (Wildman–Crippen MR) is 88.3 cm³/mol. The van der Waals surface area contributed by atoms with Crippen LogP contribution in [-0.4, -0.2) is 37.7 Å². The van der Waals surface area contributed by atoms with Gasteiger partial charge in [0.2, 0.25) is 0 Å². The van der Waals surface area contributed by atoms with E-state index >= 15 is 0 Å². The number of hydrogen-bond donors (Lipinski definition) is 2. The van der Waals surface area contributed by atoms with Crippen molar-refractivity contribution < 1.29 is 9.90 Å². The van der Waals surface area contributed by atoms with Crippen LogP contribution in [0.25, 0.3) is 11.2 Å². The highest BCUT2D eigenvalue weighted by Gasteiger charge is 2.29. The summed E-state index contributed by atoms with van der Waals surface area (Å²) in [5, 5.41) is 13.3. The van der Waals surface area contributed by atoms with Gasteiger partial charge in [-0.1, -0.05) is 19.3 Å². The van der Waals surface area contributed by atoms with E-state index in [-0.39, 0.29) is 11.9 Å². The minimum Gasteiger partial charge on any atom is -0.388 e. The number of hydrogen-bond acceptors (Lipinski definition) is 4. The second-order valence-corrected chi connectivity index (χ2v) is 6.78. The van der Waals surface area contributed by atoms with Gasteiger partial charge in [0, 0.05) is 18.8 Å². The van der Waals surface area contributed by atoms with E-state index in [4.69, 9.17) is 0 Å². The number of carbonyl (C=O) groups is 1. The topological polar surface area (TPSA) is 80.0 Å². The van der Waals surface area contributed by atoms with Crippen LogP contribution in [0.15, 0.2) is 18.6 Å². The molecule has 2 aromatic heterocycles. The molecule has 0 bridgehead atoms. The monoisotopic (exact) mass is 316 g/mol. The average molecular weight is 316 g/mol. The zero-order valence-corrected chi connectivity index (χ0v) is 13.7. The number of aromatic nitrogens is 3. The van der Waals surface area contributed by atoms with Crippen LogP contribution < -0.4 is 5.32 Å². The smallest absolute Gasteiger partial charge is 0.253 e. The van der Waals surface area contributed by atoms with Crippen LogP contribution >= 0.6 is 0 Å². The van der Waals surface area contributed by atoms with E-state index in [0.29, 0.717) is 17.6 Å². The molecule has 2 N–H and O–H groups in total. The maximum absolute atomic E-state index is 12.3. The Hall–Kier alpha value is -1.95. The van der Waals surface area contributed by atoms with E-state index in [9.17, 15) is 9.90 Å². The number of fused-ring (bicyclic) bond motifs is 1. The van der Waals surface area contributed by atoms with Gasteiger partial charge in [-0.25, -0.2) is 9.97 Å². The molecule has 1 saturated carbocycles. The molecule has 0 atom stereocenters. The van der Waals surface area contributed by atoms with Crippen LogP contribution in [0.1, 0.15) is 62.4 Å². The Morgan fingerprint density at radius 3 is 2.78 bits per heavy atom. The molecule has 2 aromatic rings. The summed E-state index contributed by atoms with van der Waals surface area (Å²) in [7, 11) is 0. The van der Waals surface area contributed by atoms with Gasteiger partial charge in [0.05, 0.1) is 17.5 Å². The predicted octanol–water partition coefficient (Wildman–Crippen LogP) is 2.44. The summed E-state index contributed by atoms with van der Waals surface area (Å²) in [6.07, 6.45) is 8.03. The van der Waals surface area contributed by atoms with Crippen LogP contribution in [0.3, 0.4) is 0 Å². The van der Waals surface area contributed by atoms with Gasteiger partial charge in [0.15, 0.2) is 5.65 Å². The Bertz CT molecular complexity index is 702. The Balaban J connectivity index is 1.71. The van der Waals surface area contributed by atoms with Gasteiger partial charge >= 0.3 is 0 Å². The van der Waals surface area contributed by atoms with Crippen molar-refractivity contribution in [3.05, 3.63) is 24.2 Å². The van der Waals surface area contributed by atoms with Gasteiger partial charge < -0.3 is 15.0 Å². The minimum atomic E-state index is -0.759.